The maximum Gasteiger partial charge on any atom is 0.194 e. The van der Waals surface area contributed by atoms with Crippen LogP contribution < -0.4 is 0 Å². The van der Waals surface area contributed by atoms with Crippen molar-refractivity contribution in [2.24, 2.45) is 5.92 Å². The van der Waals surface area contributed by atoms with Gasteiger partial charge in [-0.15, -0.1) is 0 Å². The van der Waals surface area contributed by atoms with E-state index in [0.29, 0.717) is 18.6 Å². The van der Waals surface area contributed by atoms with E-state index in [1.807, 2.05) is 13.8 Å². The van der Waals surface area contributed by atoms with Crippen LogP contribution in [0.15, 0.2) is 54.8 Å². The van der Waals surface area contributed by atoms with Crippen LogP contribution >= 0.6 is 0 Å². The molecular formula is C31H39N2O+. The Balaban J connectivity index is 1.87. The zero-order chi connectivity index (χ0) is 25.0. The van der Waals surface area contributed by atoms with Crippen LogP contribution in [-0.2, 0) is 16.6 Å². The Hall–Kier alpha value is -3.12. The van der Waals surface area contributed by atoms with Crippen molar-refractivity contribution >= 4 is 11.8 Å². The van der Waals surface area contributed by atoms with E-state index in [9.17, 15) is 5.26 Å². The maximum absolute atomic E-state index is 9.64. The zero-order valence-electron chi connectivity index (χ0n) is 21.9. The number of benzene rings is 2. The largest absolute Gasteiger partial charge is 0.492 e. The lowest BCUT2D eigenvalue weighted by atomic mass is 9.76. The number of allylic oxidation sites excluding steroid dienone is 3. The summed E-state index contributed by atoms with van der Waals surface area (Å²) in [6, 6.07) is 16.0. The molecule has 0 aliphatic carbocycles. The van der Waals surface area contributed by atoms with Crippen LogP contribution in [0.4, 0.5) is 0 Å². The van der Waals surface area contributed by atoms with Crippen molar-refractivity contribution in [2.75, 3.05) is 13.2 Å². The number of aryl methyl sites for hydroxylation is 1. The smallest absolute Gasteiger partial charge is 0.194 e. The summed E-state index contributed by atoms with van der Waals surface area (Å²) in [7, 11) is 0. The monoisotopic (exact) mass is 455 g/mol. The molecule has 0 bridgehead atoms. The molecule has 2 aromatic rings. The zero-order valence-corrected chi connectivity index (χ0v) is 21.9. The molecule has 0 spiro atoms. The highest BCUT2D eigenvalue weighted by Crippen LogP contribution is 2.34. The minimum atomic E-state index is -0.195. The fourth-order valence-corrected chi connectivity index (χ4v) is 4.77. The van der Waals surface area contributed by atoms with E-state index in [1.54, 1.807) is 0 Å². The van der Waals surface area contributed by atoms with Crippen LogP contribution in [0, 0.1) is 24.2 Å². The quantitative estimate of drug-likeness (QED) is 0.324. The lowest BCUT2D eigenvalue weighted by Gasteiger charge is -2.31. The molecule has 0 saturated carbocycles. The highest BCUT2D eigenvalue weighted by Gasteiger charge is 2.41. The molecule has 2 unspecified atom stereocenters. The molecule has 1 aliphatic rings. The van der Waals surface area contributed by atoms with E-state index in [1.165, 1.54) is 27.8 Å². The van der Waals surface area contributed by atoms with Gasteiger partial charge in [0, 0.05) is 11.0 Å². The van der Waals surface area contributed by atoms with Gasteiger partial charge >= 0.3 is 0 Å². The summed E-state index contributed by atoms with van der Waals surface area (Å²) >= 11 is 0. The third kappa shape index (κ3) is 5.17. The third-order valence-corrected chi connectivity index (χ3v) is 7.38. The molecule has 34 heavy (non-hydrogen) atoms. The van der Waals surface area contributed by atoms with E-state index in [2.05, 4.69) is 101 Å². The SMILES string of the molecule is C=C(C)OCC1C(C)C[N+]1=C/C(=C\C)c1ccc(C(C)(C)c2cc(C#N)c(C)c(CC)c2)cc1. The number of rotatable bonds is 8. The minimum absolute atomic E-state index is 0.195. The predicted octanol–water partition coefficient (Wildman–Crippen LogP) is 6.81. The van der Waals surface area contributed by atoms with Gasteiger partial charge in [-0.3, -0.25) is 0 Å². The van der Waals surface area contributed by atoms with Gasteiger partial charge < -0.3 is 4.74 Å². The van der Waals surface area contributed by atoms with Crippen molar-refractivity contribution in [3.05, 3.63) is 88.2 Å². The maximum atomic E-state index is 9.64. The second kappa shape index (κ2) is 10.4. The molecule has 0 amide bonds. The lowest BCUT2D eigenvalue weighted by Crippen LogP contribution is -2.51. The molecule has 1 heterocycles. The summed E-state index contributed by atoms with van der Waals surface area (Å²) in [6.45, 7) is 20.5. The summed E-state index contributed by atoms with van der Waals surface area (Å²) in [5, 5.41) is 9.64. The first-order valence-corrected chi connectivity index (χ1v) is 12.3. The van der Waals surface area contributed by atoms with Crippen LogP contribution in [0.1, 0.15) is 74.9 Å². The predicted molar refractivity (Wildman–Crippen MR) is 142 cm³/mol. The molecule has 0 N–H and O–H groups in total. The molecule has 3 rings (SSSR count). The number of ether oxygens (including phenoxy) is 1. The number of hydrogen-bond donors (Lipinski definition) is 0. The van der Waals surface area contributed by atoms with Gasteiger partial charge in [0.05, 0.1) is 23.3 Å². The van der Waals surface area contributed by atoms with Gasteiger partial charge in [0.1, 0.15) is 6.61 Å². The number of hydrogen-bond acceptors (Lipinski definition) is 2. The van der Waals surface area contributed by atoms with Crippen LogP contribution in [0.25, 0.3) is 5.57 Å². The van der Waals surface area contributed by atoms with E-state index in [-0.39, 0.29) is 5.41 Å². The minimum Gasteiger partial charge on any atom is -0.492 e. The molecule has 3 heteroatoms. The molecule has 2 atom stereocenters. The number of nitriles is 1. The first kappa shape index (κ1) is 25.5. The molecule has 2 aromatic carbocycles. The van der Waals surface area contributed by atoms with Gasteiger partial charge in [-0.05, 0) is 68.0 Å². The third-order valence-electron chi connectivity index (χ3n) is 7.38. The Morgan fingerprint density at radius 3 is 2.44 bits per heavy atom. The Labute approximate surface area is 206 Å². The fourth-order valence-electron chi connectivity index (χ4n) is 4.77. The second-order valence-corrected chi connectivity index (χ2v) is 10.1. The Bertz CT molecular complexity index is 1160. The highest BCUT2D eigenvalue weighted by atomic mass is 16.5. The van der Waals surface area contributed by atoms with Crippen molar-refractivity contribution in [2.45, 2.75) is 66.3 Å². The van der Waals surface area contributed by atoms with Crippen molar-refractivity contribution in [3.63, 3.8) is 0 Å². The fraction of sp³-hybridized carbons (Fsp3) is 0.419. The van der Waals surface area contributed by atoms with Gasteiger partial charge in [0.2, 0.25) is 0 Å². The summed E-state index contributed by atoms with van der Waals surface area (Å²) in [6.07, 6.45) is 5.36. The summed E-state index contributed by atoms with van der Waals surface area (Å²) in [5.74, 6) is 1.38. The van der Waals surface area contributed by atoms with E-state index in [4.69, 9.17) is 4.74 Å². The van der Waals surface area contributed by atoms with Gasteiger partial charge in [-0.1, -0.05) is 63.8 Å². The molecule has 1 fully saturated rings. The molecule has 178 valence electrons. The summed E-state index contributed by atoms with van der Waals surface area (Å²) in [5.41, 5.74) is 7.78. The molecular weight excluding hydrogens is 416 g/mol. The first-order chi connectivity index (χ1) is 16.1. The summed E-state index contributed by atoms with van der Waals surface area (Å²) in [4.78, 5) is 0. The van der Waals surface area contributed by atoms with Crippen molar-refractivity contribution in [1.82, 2.24) is 0 Å². The van der Waals surface area contributed by atoms with Crippen molar-refractivity contribution < 1.29 is 9.31 Å². The van der Waals surface area contributed by atoms with Crippen LogP contribution in [0.2, 0.25) is 0 Å². The van der Waals surface area contributed by atoms with E-state index >= 15 is 0 Å². The van der Waals surface area contributed by atoms with E-state index in [0.717, 1.165) is 29.9 Å². The normalized spacial score (nSPS) is 19.5. The Kier molecular flexibility index (Phi) is 7.82. The van der Waals surface area contributed by atoms with Gasteiger partial charge in [-0.25, -0.2) is 4.58 Å². The Morgan fingerprint density at radius 2 is 1.91 bits per heavy atom. The van der Waals surface area contributed by atoms with Gasteiger partial charge in [0.25, 0.3) is 0 Å². The van der Waals surface area contributed by atoms with Crippen molar-refractivity contribution in [3.8, 4) is 6.07 Å². The highest BCUT2D eigenvalue weighted by molar-refractivity contribution is 6.07. The first-order valence-electron chi connectivity index (χ1n) is 12.3. The topological polar surface area (TPSA) is 36.0 Å². The molecule has 0 aromatic heterocycles. The molecule has 1 aliphatic heterocycles. The summed E-state index contributed by atoms with van der Waals surface area (Å²) < 4.78 is 8.08. The van der Waals surface area contributed by atoms with Crippen molar-refractivity contribution in [1.29, 1.82) is 5.26 Å². The van der Waals surface area contributed by atoms with Gasteiger partial charge in [0.15, 0.2) is 18.8 Å². The van der Waals surface area contributed by atoms with E-state index < -0.39 is 0 Å². The standard InChI is InChI=1S/C31H39N2O/c1-9-24-15-29(16-27(17-32)23(24)6)31(7,8)28-13-11-26(12-14-28)25(10-2)19-33-18-22(5)30(33)20-34-21(3)4/h10-16,19,22,30H,3,9,18,20H2,1-2,4-8H3/q+1/b25-10+,33-19?. The number of nitrogens with zero attached hydrogens (tertiary/aromatic N) is 2. The second-order valence-electron chi connectivity index (χ2n) is 10.1. The lowest BCUT2D eigenvalue weighted by molar-refractivity contribution is -0.643. The molecule has 1 saturated heterocycles. The Morgan fingerprint density at radius 1 is 1.24 bits per heavy atom. The van der Waals surface area contributed by atoms with Crippen LogP contribution in [0.5, 0.6) is 0 Å². The average Bonchev–Trinajstić information content (AvgIpc) is 2.81. The molecule has 0 radical (unpaired) electrons. The molecule has 3 nitrogen and oxygen atoms in total. The van der Waals surface area contributed by atoms with Crippen LogP contribution in [0.3, 0.4) is 0 Å². The van der Waals surface area contributed by atoms with Crippen LogP contribution in [-0.4, -0.2) is 30.0 Å². The average molecular weight is 456 g/mol. The van der Waals surface area contributed by atoms with Gasteiger partial charge in [-0.2, -0.15) is 5.26 Å².